The molecule has 2 heterocycles. The lowest BCUT2D eigenvalue weighted by molar-refractivity contribution is -0.384. The molecule has 0 saturated heterocycles. The van der Waals surface area contributed by atoms with Gasteiger partial charge in [0.2, 0.25) is 0 Å². The Balaban J connectivity index is 1.76. The number of halogens is 1. The predicted molar refractivity (Wildman–Crippen MR) is 110 cm³/mol. The number of hydrogen-bond donors (Lipinski definition) is 1. The molecule has 0 spiro atoms. The van der Waals surface area contributed by atoms with Crippen molar-refractivity contribution in [3.05, 3.63) is 80.0 Å². The van der Waals surface area contributed by atoms with E-state index in [2.05, 4.69) is 10.4 Å². The third kappa shape index (κ3) is 3.66. The van der Waals surface area contributed by atoms with Crippen LogP contribution in [-0.2, 0) is 22.3 Å². The highest BCUT2D eigenvalue weighted by Crippen LogP contribution is 2.32. The largest absolute Gasteiger partial charge is 0.306 e. The Morgan fingerprint density at radius 2 is 1.97 bits per heavy atom. The highest BCUT2D eigenvalue weighted by Gasteiger charge is 2.29. The number of carbonyl (C=O) groups is 1. The summed E-state index contributed by atoms with van der Waals surface area (Å²) in [5, 5.41) is 18.4. The second-order valence-electron chi connectivity index (χ2n) is 6.63. The summed E-state index contributed by atoms with van der Waals surface area (Å²) in [7, 11) is -1.08. The van der Waals surface area contributed by atoms with Crippen molar-refractivity contribution < 1.29 is 13.9 Å². The molecule has 148 valence electrons. The summed E-state index contributed by atoms with van der Waals surface area (Å²) in [6.45, 7) is 1.96. The van der Waals surface area contributed by atoms with Crippen LogP contribution in [-0.4, -0.2) is 24.8 Å². The van der Waals surface area contributed by atoms with Gasteiger partial charge in [-0.3, -0.25) is 19.1 Å². The molecule has 0 saturated carbocycles. The average Bonchev–Trinajstić information content (AvgIpc) is 3.19. The number of carbonyl (C=O) groups excluding carboxylic acids is 1. The Bertz CT molecular complexity index is 1170. The van der Waals surface area contributed by atoms with Crippen molar-refractivity contribution in [1.29, 1.82) is 0 Å². The fraction of sp³-hybridized carbons (Fsp3) is 0.158. The maximum absolute atomic E-state index is 12.9. The lowest BCUT2D eigenvalue weighted by Gasteiger charge is -2.12. The number of non-ortho nitro benzene ring substituents is 1. The van der Waals surface area contributed by atoms with Gasteiger partial charge in [-0.1, -0.05) is 29.3 Å². The number of nitro benzene ring substituents is 1. The minimum atomic E-state index is -1.08. The van der Waals surface area contributed by atoms with E-state index in [0.717, 1.165) is 17.3 Å². The first-order chi connectivity index (χ1) is 13.8. The molecule has 29 heavy (non-hydrogen) atoms. The van der Waals surface area contributed by atoms with E-state index < -0.39 is 21.6 Å². The summed E-state index contributed by atoms with van der Waals surface area (Å²) >= 11 is 6.10. The zero-order valence-corrected chi connectivity index (χ0v) is 16.8. The Labute approximate surface area is 173 Å². The first-order valence-electron chi connectivity index (χ1n) is 8.61. The summed E-state index contributed by atoms with van der Waals surface area (Å²) in [6, 6.07) is 11.2. The molecule has 0 fully saturated rings. The van der Waals surface area contributed by atoms with Crippen LogP contribution in [0.1, 0.15) is 27.2 Å². The normalized spacial score (nSPS) is 15.2. The van der Waals surface area contributed by atoms with Crippen molar-refractivity contribution in [2.75, 3.05) is 5.32 Å². The van der Waals surface area contributed by atoms with E-state index >= 15 is 0 Å². The van der Waals surface area contributed by atoms with Crippen LogP contribution < -0.4 is 5.32 Å². The molecule has 10 heteroatoms. The number of nitro groups is 1. The van der Waals surface area contributed by atoms with E-state index in [1.165, 1.54) is 12.1 Å². The quantitative estimate of drug-likeness (QED) is 0.501. The van der Waals surface area contributed by atoms with Gasteiger partial charge >= 0.3 is 0 Å². The fourth-order valence-corrected chi connectivity index (χ4v) is 4.57. The molecule has 0 radical (unpaired) electrons. The first-order valence-corrected chi connectivity index (χ1v) is 10.5. The van der Waals surface area contributed by atoms with Crippen LogP contribution in [0.15, 0.2) is 42.5 Å². The number of anilines is 1. The SMILES string of the molecule is Cc1ccc(-n2nc3c(c2NC(=O)c2cc([N+](=O)[O-])ccc2Cl)CS(=O)C3)cc1. The number of benzene rings is 2. The second-order valence-corrected chi connectivity index (χ2v) is 8.49. The summed E-state index contributed by atoms with van der Waals surface area (Å²) in [6.07, 6.45) is 0. The van der Waals surface area contributed by atoms with Crippen LogP contribution in [0.3, 0.4) is 0 Å². The van der Waals surface area contributed by atoms with Crippen LogP contribution in [0.4, 0.5) is 11.5 Å². The summed E-state index contributed by atoms with van der Waals surface area (Å²) in [5.74, 6) is 0.378. The third-order valence-corrected chi connectivity index (χ3v) is 6.12. The van der Waals surface area contributed by atoms with Gasteiger partial charge in [0.25, 0.3) is 11.6 Å². The van der Waals surface area contributed by atoms with Gasteiger partial charge < -0.3 is 5.32 Å². The third-order valence-electron chi connectivity index (χ3n) is 4.59. The molecule has 1 aromatic heterocycles. The van der Waals surface area contributed by atoms with Crippen molar-refractivity contribution in [1.82, 2.24) is 9.78 Å². The molecule has 4 rings (SSSR count). The molecular formula is C19H15ClN4O4S. The zero-order chi connectivity index (χ0) is 20.7. The van der Waals surface area contributed by atoms with Crippen LogP contribution in [0.2, 0.25) is 5.02 Å². The highest BCUT2D eigenvalue weighted by molar-refractivity contribution is 7.83. The van der Waals surface area contributed by atoms with E-state index in [-0.39, 0.29) is 22.0 Å². The minimum absolute atomic E-state index is 0.0228. The second kappa shape index (κ2) is 7.41. The van der Waals surface area contributed by atoms with Gasteiger partial charge in [0, 0.05) is 28.5 Å². The average molecular weight is 431 g/mol. The van der Waals surface area contributed by atoms with Gasteiger partial charge in [-0.25, -0.2) is 4.68 Å². The maximum atomic E-state index is 12.9. The smallest absolute Gasteiger partial charge is 0.270 e. The maximum Gasteiger partial charge on any atom is 0.270 e. The van der Waals surface area contributed by atoms with Gasteiger partial charge in [0.15, 0.2) is 0 Å². The number of fused-ring (bicyclic) bond motifs is 1. The van der Waals surface area contributed by atoms with E-state index in [0.29, 0.717) is 22.8 Å². The molecule has 1 amide bonds. The molecule has 0 bridgehead atoms. The van der Waals surface area contributed by atoms with E-state index in [4.69, 9.17) is 11.6 Å². The fourth-order valence-electron chi connectivity index (χ4n) is 3.10. The van der Waals surface area contributed by atoms with E-state index in [1.54, 1.807) is 4.68 Å². The van der Waals surface area contributed by atoms with Crippen molar-refractivity contribution in [3.8, 4) is 5.69 Å². The van der Waals surface area contributed by atoms with Gasteiger partial charge in [-0.05, 0) is 25.1 Å². The molecule has 1 aliphatic rings. The molecule has 1 aliphatic heterocycles. The van der Waals surface area contributed by atoms with Gasteiger partial charge in [-0.2, -0.15) is 5.10 Å². The number of aromatic nitrogens is 2. The van der Waals surface area contributed by atoms with Crippen molar-refractivity contribution in [2.45, 2.75) is 18.4 Å². The molecule has 1 atom stereocenters. The lowest BCUT2D eigenvalue weighted by atomic mass is 10.1. The van der Waals surface area contributed by atoms with Crippen molar-refractivity contribution in [2.24, 2.45) is 0 Å². The number of nitrogens with zero attached hydrogens (tertiary/aromatic N) is 3. The highest BCUT2D eigenvalue weighted by atomic mass is 35.5. The number of aryl methyl sites for hydroxylation is 1. The summed E-state index contributed by atoms with van der Waals surface area (Å²) in [4.78, 5) is 23.3. The van der Waals surface area contributed by atoms with Gasteiger partial charge in [0.1, 0.15) is 5.82 Å². The molecule has 8 nitrogen and oxygen atoms in total. The van der Waals surface area contributed by atoms with Gasteiger partial charge in [0.05, 0.1) is 38.4 Å². The number of nitrogens with one attached hydrogen (secondary N) is 1. The molecule has 3 aromatic rings. The number of rotatable bonds is 4. The number of amides is 1. The van der Waals surface area contributed by atoms with Crippen LogP contribution >= 0.6 is 11.6 Å². The number of hydrogen-bond acceptors (Lipinski definition) is 5. The Hall–Kier alpha value is -3.04. The zero-order valence-electron chi connectivity index (χ0n) is 15.2. The van der Waals surface area contributed by atoms with Crippen molar-refractivity contribution >= 4 is 39.8 Å². The monoisotopic (exact) mass is 430 g/mol. The Morgan fingerprint density at radius 3 is 2.66 bits per heavy atom. The first kappa shape index (κ1) is 19.3. The van der Waals surface area contributed by atoms with E-state index in [1.807, 2.05) is 31.2 Å². The van der Waals surface area contributed by atoms with E-state index in [9.17, 15) is 19.1 Å². The molecule has 1 unspecified atom stereocenters. The lowest BCUT2D eigenvalue weighted by Crippen LogP contribution is -2.17. The minimum Gasteiger partial charge on any atom is -0.306 e. The molecular weight excluding hydrogens is 416 g/mol. The van der Waals surface area contributed by atoms with Crippen LogP contribution in [0.25, 0.3) is 5.69 Å². The Morgan fingerprint density at radius 1 is 1.24 bits per heavy atom. The van der Waals surface area contributed by atoms with Crippen LogP contribution in [0, 0.1) is 17.0 Å². The molecule has 0 aliphatic carbocycles. The van der Waals surface area contributed by atoms with Crippen molar-refractivity contribution in [3.63, 3.8) is 0 Å². The summed E-state index contributed by atoms with van der Waals surface area (Å²) in [5.41, 5.74) is 2.89. The Kier molecular flexibility index (Phi) is 4.93. The van der Waals surface area contributed by atoms with Gasteiger partial charge in [-0.15, -0.1) is 0 Å². The predicted octanol–water partition coefficient (Wildman–Crippen LogP) is 3.76. The standard InChI is InChI=1S/C19H15ClN4O4S/c1-11-2-4-12(5-3-11)23-18(15-9-29(28)10-17(15)22-23)21-19(25)14-8-13(24(26)27)6-7-16(14)20/h2-8H,9-10H2,1H3,(H,21,25). The molecule has 1 N–H and O–H groups in total. The van der Waals surface area contributed by atoms with Crippen LogP contribution in [0.5, 0.6) is 0 Å². The topological polar surface area (TPSA) is 107 Å². The molecule has 2 aromatic carbocycles. The summed E-state index contributed by atoms with van der Waals surface area (Å²) < 4.78 is 13.6.